The first-order chi connectivity index (χ1) is 7.97. The fourth-order valence-electron chi connectivity index (χ4n) is 2.75. The van der Waals surface area contributed by atoms with Gasteiger partial charge in [0, 0.05) is 25.3 Å². The highest BCUT2D eigenvalue weighted by Crippen LogP contribution is 2.20. The lowest BCUT2D eigenvalue weighted by Gasteiger charge is -2.30. The van der Waals surface area contributed by atoms with Gasteiger partial charge < -0.3 is 10.2 Å². The van der Waals surface area contributed by atoms with E-state index in [9.17, 15) is 0 Å². The van der Waals surface area contributed by atoms with Crippen molar-refractivity contribution >= 4 is 0 Å². The Morgan fingerprint density at radius 3 is 2.81 bits per heavy atom. The van der Waals surface area contributed by atoms with Crippen LogP contribution in [0.15, 0.2) is 11.8 Å². The minimum atomic E-state index is 1.16. The average Bonchev–Trinajstić information content (AvgIpc) is 2.18. The topological polar surface area (TPSA) is 15.3 Å². The third-order valence-corrected chi connectivity index (χ3v) is 3.76. The molecule has 0 aromatic carbocycles. The standard InChI is InChI=1S/C14H26N2/c1-2-4-8-14(9-5-3-1)16-12-7-6-10-15-11-13-16/h8,15H,1-7,9-13H2/b14-8+. The van der Waals surface area contributed by atoms with Crippen LogP contribution in [0.1, 0.15) is 51.4 Å². The number of allylic oxidation sites excluding steroid dienone is 2. The van der Waals surface area contributed by atoms with Crippen molar-refractivity contribution in [3.8, 4) is 0 Å². The Hall–Kier alpha value is -0.500. The molecule has 0 atom stereocenters. The largest absolute Gasteiger partial charge is 0.374 e. The van der Waals surface area contributed by atoms with Gasteiger partial charge in [0.2, 0.25) is 0 Å². The van der Waals surface area contributed by atoms with Crippen LogP contribution in [-0.2, 0) is 0 Å². The highest BCUT2D eigenvalue weighted by atomic mass is 15.2. The Morgan fingerprint density at radius 2 is 1.81 bits per heavy atom. The Kier molecular flexibility index (Phi) is 5.20. The van der Waals surface area contributed by atoms with E-state index in [1.807, 2.05) is 0 Å². The van der Waals surface area contributed by atoms with Crippen LogP contribution in [0.4, 0.5) is 0 Å². The van der Waals surface area contributed by atoms with E-state index in [1.165, 1.54) is 71.0 Å². The predicted octanol–water partition coefficient (Wildman–Crippen LogP) is 2.91. The lowest BCUT2D eigenvalue weighted by molar-refractivity contribution is 0.299. The van der Waals surface area contributed by atoms with Gasteiger partial charge in [-0.2, -0.15) is 0 Å². The average molecular weight is 222 g/mol. The predicted molar refractivity (Wildman–Crippen MR) is 69.5 cm³/mol. The number of nitrogens with one attached hydrogen (secondary N) is 1. The Morgan fingerprint density at radius 1 is 0.875 bits per heavy atom. The lowest BCUT2D eigenvalue weighted by atomic mass is 10.0. The summed E-state index contributed by atoms with van der Waals surface area (Å²) in [6.07, 6.45) is 13.5. The molecule has 0 radical (unpaired) electrons. The van der Waals surface area contributed by atoms with Crippen LogP contribution in [-0.4, -0.2) is 31.1 Å². The van der Waals surface area contributed by atoms with Crippen molar-refractivity contribution in [1.82, 2.24) is 10.2 Å². The first-order valence-corrected chi connectivity index (χ1v) is 7.11. The maximum Gasteiger partial charge on any atom is 0.0300 e. The van der Waals surface area contributed by atoms with E-state index < -0.39 is 0 Å². The molecule has 92 valence electrons. The van der Waals surface area contributed by atoms with E-state index in [0.29, 0.717) is 0 Å². The molecule has 0 aromatic rings. The second kappa shape index (κ2) is 6.95. The minimum absolute atomic E-state index is 1.16. The summed E-state index contributed by atoms with van der Waals surface area (Å²) in [4.78, 5) is 2.64. The van der Waals surface area contributed by atoms with Gasteiger partial charge in [0.25, 0.3) is 0 Å². The van der Waals surface area contributed by atoms with Gasteiger partial charge in [0.15, 0.2) is 0 Å². The highest BCUT2D eigenvalue weighted by Gasteiger charge is 2.11. The van der Waals surface area contributed by atoms with E-state index >= 15 is 0 Å². The molecule has 0 amide bonds. The van der Waals surface area contributed by atoms with Crippen molar-refractivity contribution in [1.29, 1.82) is 0 Å². The molecule has 2 nitrogen and oxygen atoms in total. The van der Waals surface area contributed by atoms with Crippen molar-refractivity contribution < 1.29 is 0 Å². The molecule has 0 spiro atoms. The Labute approximate surface area is 100 Å². The SMILES string of the molecule is C1=C(/N2CCCCNCC2)CCCCCC/1. The zero-order valence-electron chi connectivity index (χ0n) is 10.5. The quantitative estimate of drug-likeness (QED) is 0.734. The molecule has 0 unspecified atom stereocenters. The van der Waals surface area contributed by atoms with Gasteiger partial charge in [0.05, 0.1) is 0 Å². The van der Waals surface area contributed by atoms with Crippen molar-refractivity contribution in [3.05, 3.63) is 11.8 Å². The van der Waals surface area contributed by atoms with E-state index in [0.717, 1.165) is 6.54 Å². The zero-order chi connectivity index (χ0) is 11.1. The van der Waals surface area contributed by atoms with Gasteiger partial charge in [-0.15, -0.1) is 0 Å². The molecule has 0 aromatic heterocycles. The molecule has 1 fully saturated rings. The Balaban J connectivity index is 1.90. The van der Waals surface area contributed by atoms with Gasteiger partial charge in [-0.25, -0.2) is 0 Å². The molecule has 1 saturated heterocycles. The van der Waals surface area contributed by atoms with E-state index in [2.05, 4.69) is 16.3 Å². The van der Waals surface area contributed by atoms with Crippen molar-refractivity contribution in [2.75, 3.05) is 26.2 Å². The zero-order valence-corrected chi connectivity index (χ0v) is 10.5. The maximum atomic E-state index is 3.52. The first-order valence-electron chi connectivity index (χ1n) is 7.11. The van der Waals surface area contributed by atoms with Crippen molar-refractivity contribution in [2.45, 2.75) is 51.4 Å². The fraction of sp³-hybridized carbons (Fsp3) is 0.857. The molecular weight excluding hydrogens is 196 g/mol. The molecule has 16 heavy (non-hydrogen) atoms. The van der Waals surface area contributed by atoms with Crippen LogP contribution in [0.5, 0.6) is 0 Å². The molecule has 1 aliphatic heterocycles. The van der Waals surface area contributed by atoms with E-state index in [1.54, 1.807) is 5.70 Å². The maximum absolute atomic E-state index is 3.52. The summed E-state index contributed by atoms with van der Waals surface area (Å²) in [5, 5.41) is 3.52. The van der Waals surface area contributed by atoms with Crippen LogP contribution < -0.4 is 5.32 Å². The van der Waals surface area contributed by atoms with Crippen molar-refractivity contribution in [3.63, 3.8) is 0 Å². The molecule has 0 bridgehead atoms. The second-order valence-electron chi connectivity index (χ2n) is 5.09. The van der Waals surface area contributed by atoms with Gasteiger partial charge in [-0.1, -0.05) is 18.9 Å². The molecule has 2 heteroatoms. The Bertz CT molecular complexity index is 215. The third kappa shape index (κ3) is 3.82. The van der Waals surface area contributed by atoms with Crippen LogP contribution in [0, 0.1) is 0 Å². The van der Waals surface area contributed by atoms with Crippen LogP contribution in [0.3, 0.4) is 0 Å². The summed E-state index contributed by atoms with van der Waals surface area (Å²) in [6.45, 7) is 4.88. The highest BCUT2D eigenvalue weighted by molar-refractivity contribution is 5.02. The minimum Gasteiger partial charge on any atom is -0.374 e. The molecule has 0 saturated carbocycles. The summed E-state index contributed by atoms with van der Waals surface area (Å²) < 4.78 is 0. The number of rotatable bonds is 1. The lowest BCUT2D eigenvalue weighted by Crippen LogP contribution is -2.35. The fourth-order valence-corrected chi connectivity index (χ4v) is 2.75. The van der Waals surface area contributed by atoms with Crippen LogP contribution in [0.2, 0.25) is 0 Å². The first kappa shape index (κ1) is 12.0. The molecule has 1 aliphatic carbocycles. The summed E-state index contributed by atoms with van der Waals surface area (Å²) >= 11 is 0. The van der Waals surface area contributed by atoms with Gasteiger partial charge in [0.1, 0.15) is 0 Å². The van der Waals surface area contributed by atoms with E-state index in [-0.39, 0.29) is 0 Å². The van der Waals surface area contributed by atoms with Crippen LogP contribution in [0.25, 0.3) is 0 Å². The molecular formula is C14H26N2. The van der Waals surface area contributed by atoms with Gasteiger partial charge in [-0.05, 0) is 45.1 Å². The van der Waals surface area contributed by atoms with Crippen LogP contribution >= 0.6 is 0 Å². The summed E-state index contributed by atoms with van der Waals surface area (Å²) in [7, 11) is 0. The smallest absolute Gasteiger partial charge is 0.0300 e. The number of nitrogens with zero attached hydrogens (tertiary/aromatic N) is 1. The summed E-state index contributed by atoms with van der Waals surface area (Å²) in [5.41, 5.74) is 1.64. The monoisotopic (exact) mass is 222 g/mol. The number of hydrogen-bond donors (Lipinski definition) is 1. The molecule has 1 heterocycles. The van der Waals surface area contributed by atoms with Gasteiger partial charge >= 0.3 is 0 Å². The summed E-state index contributed by atoms with van der Waals surface area (Å²) in [5.74, 6) is 0. The molecule has 1 N–H and O–H groups in total. The van der Waals surface area contributed by atoms with E-state index in [4.69, 9.17) is 0 Å². The third-order valence-electron chi connectivity index (χ3n) is 3.76. The normalized spacial score (nSPS) is 28.2. The molecule has 2 rings (SSSR count). The molecule has 2 aliphatic rings. The van der Waals surface area contributed by atoms with Crippen molar-refractivity contribution in [2.24, 2.45) is 0 Å². The second-order valence-corrected chi connectivity index (χ2v) is 5.09. The number of hydrogen-bond acceptors (Lipinski definition) is 2. The van der Waals surface area contributed by atoms with Gasteiger partial charge in [-0.3, -0.25) is 0 Å². The summed E-state index contributed by atoms with van der Waals surface area (Å²) in [6, 6.07) is 0.